The van der Waals surface area contributed by atoms with Crippen molar-refractivity contribution in [2.24, 2.45) is 0 Å². The SMILES string of the molecule is COc1cc(C)ccc1NCc1csc(C(C)(C)C)n1. The third-order valence-corrected chi connectivity index (χ3v) is 4.33. The fourth-order valence-corrected chi connectivity index (χ4v) is 2.77. The second-order valence-corrected chi connectivity index (χ2v) is 6.81. The van der Waals surface area contributed by atoms with E-state index in [4.69, 9.17) is 4.74 Å². The van der Waals surface area contributed by atoms with Crippen LogP contribution in [0, 0.1) is 6.92 Å². The van der Waals surface area contributed by atoms with Gasteiger partial charge in [-0.2, -0.15) is 0 Å². The average molecular weight is 290 g/mol. The molecule has 2 aromatic rings. The summed E-state index contributed by atoms with van der Waals surface area (Å²) < 4.78 is 5.39. The van der Waals surface area contributed by atoms with Gasteiger partial charge < -0.3 is 10.1 Å². The summed E-state index contributed by atoms with van der Waals surface area (Å²) in [4.78, 5) is 4.68. The quantitative estimate of drug-likeness (QED) is 0.908. The van der Waals surface area contributed by atoms with Gasteiger partial charge in [-0.15, -0.1) is 11.3 Å². The number of hydrogen-bond donors (Lipinski definition) is 1. The van der Waals surface area contributed by atoms with Crippen LogP contribution >= 0.6 is 11.3 Å². The molecule has 0 aliphatic heterocycles. The number of thiazole rings is 1. The molecule has 20 heavy (non-hydrogen) atoms. The smallest absolute Gasteiger partial charge is 0.142 e. The molecule has 0 unspecified atom stereocenters. The van der Waals surface area contributed by atoms with Crippen molar-refractivity contribution in [3.63, 3.8) is 0 Å². The molecule has 1 aromatic carbocycles. The molecule has 1 N–H and O–H groups in total. The van der Waals surface area contributed by atoms with E-state index < -0.39 is 0 Å². The summed E-state index contributed by atoms with van der Waals surface area (Å²) in [6.45, 7) is 9.33. The maximum Gasteiger partial charge on any atom is 0.142 e. The van der Waals surface area contributed by atoms with Crippen molar-refractivity contribution >= 4 is 17.0 Å². The number of benzene rings is 1. The van der Waals surface area contributed by atoms with Crippen LogP contribution in [0.1, 0.15) is 37.0 Å². The number of anilines is 1. The Labute approximate surface area is 125 Å². The molecule has 3 nitrogen and oxygen atoms in total. The lowest BCUT2D eigenvalue weighted by Crippen LogP contribution is -2.11. The van der Waals surface area contributed by atoms with Gasteiger partial charge in [0, 0.05) is 10.8 Å². The predicted molar refractivity (Wildman–Crippen MR) is 85.9 cm³/mol. The van der Waals surface area contributed by atoms with E-state index in [-0.39, 0.29) is 5.41 Å². The Balaban J connectivity index is 2.07. The van der Waals surface area contributed by atoms with Gasteiger partial charge in [-0.1, -0.05) is 26.8 Å². The van der Waals surface area contributed by atoms with Gasteiger partial charge in [-0.05, 0) is 24.6 Å². The van der Waals surface area contributed by atoms with Crippen LogP contribution in [-0.4, -0.2) is 12.1 Å². The lowest BCUT2D eigenvalue weighted by molar-refractivity contribution is 0.416. The number of aromatic nitrogens is 1. The van der Waals surface area contributed by atoms with Crippen molar-refractivity contribution < 1.29 is 4.74 Å². The number of aryl methyl sites for hydroxylation is 1. The van der Waals surface area contributed by atoms with Crippen molar-refractivity contribution in [1.29, 1.82) is 0 Å². The number of ether oxygens (including phenoxy) is 1. The zero-order chi connectivity index (χ0) is 14.8. The van der Waals surface area contributed by atoms with Crippen LogP contribution in [0.15, 0.2) is 23.6 Å². The van der Waals surface area contributed by atoms with Crippen molar-refractivity contribution in [3.8, 4) is 5.75 Å². The Hall–Kier alpha value is -1.55. The van der Waals surface area contributed by atoms with Crippen LogP contribution in [-0.2, 0) is 12.0 Å². The Kier molecular flexibility index (Phi) is 4.33. The third kappa shape index (κ3) is 3.51. The minimum absolute atomic E-state index is 0.116. The van der Waals surface area contributed by atoms with Gasteiger partial charge in [0.05, 0.1) is 30.0 Å². The maximum atomic E-state index is 5.39. The first kappa shape index (κ1) is 14.9. The number of methoxy groups -OCH3 is 1. The Morgan fingerprint density at radius 2 is 2.05 bits per heavy atom. The summed E-state index contributed by atoms with van der Waals surface area (Å²) in [6, 6.07) is 6.15. The lowest BCUT2D eigenvalue weighted by atomic mass is 9.98. The zero-order valence-electron chi connectivity index (χ0n) is 12.8. The summed E-state index contributed by atoms with van der Waals surface area (Å²) in [5, 5.41) is 6.68. The molecular formula is C16H22N2OS. The first-order valence-electron chi connectivity index (χ1n) is 6.73. The minimum Gasteiger partial charge on any atom is -0.495 e. The highest BCUT2D eigenvalue weighted by Crippen LogP contribution is 2.28. The van der Waals surface area contributed by atoms with Crippen LogP contribution in [0.3, 0.4) is 0 Å². The molecule has 0 radical (unpaired) electrons. The molecule has 0 aliphatic rings. The second-order valence-electron chi connectivity index (χ2n) is 5.95. The number of nitrogens with zero attached hydrogens (tertiary/aromatic N) is 1. The van der Waals surface area contributed by atoms with Gasteiger partial charge in [-0.3, -0.25) is 0 Å². The van der Waals surface area contributed by atoms with Crippen LogP contribution in [0.4, 0.5) is 5.69 Å². The van der Waals surface area contributed by atoms with Crippen LogP contribution in [0.25, 0.3) is 0 Å². The standard InChI is InChI=1S/C16H22N2OS/c1-11-6-7-13(14(8-11)19-5)17-9-12-10-20-15(18-12)16(2,3)4/h6-8,10,17H,9H2,1-5H3. The van der Waals surface area contributed by atoms with E-state index in [1.807, 2.05) is 12.1 Å². The van der Waals surface area contributed by atoms with Gasteiger partial charge in [-0.25, -0.2) is 4.98 Å². The molecule has 4 heteroatoms. The summed E-state index contributed by atoms with van der Waals surface area (Å²) >= 11 is 1.72. The van der Waals surface area contributed by atoms with Crippen LogP contribution in [0.2, 0.25) is 0 Å². The Morgan fingerprint density at radius 3 is 2.65 bits per heavy atom. The van der Waals surface area contributed by atoms with Gasteiger partial charge in [0.1, 0.15) is 5.75 Å². The molecule has 0 amide bonds. The van der Waals surface area contributed by atoms with E-state index in [0.717, 1.165) is 17.1 Å². The maximum absolute atomic E-state index is 5.39. The Morgan fingerprint density at radius 1 is 1.30 bits per heavy atom. The van der Waals surface area contributed by atoms with Gasteiger partial charge in [0.2, 0.25) is 0 Å². The molecule has 0 saturated heterocycles. The highest BCUT2D eigenvalue weighted by Gasteiger charge is 2.17. The summed E-state index contributed by atoms with van der Waals surface area (Å²) in [7, 11) is 1.69. The summed E-state index contributed by atoms with van der Waals surface area (Å²) in [5.41, 5.74) is 3.38. The van der Waals surface area contributed by atoms with E-state index in [0.29, 0.717) is 6.54 Å². The molecule has 1 heterocycles. The van der Waals surface area contributed by atoms with Crippen molar-refractivity contribution in [1.82, 2.24) is 4.98 Å². The highest BCUT2D eigenvalue weighted by atomic mass is 32.1. The molecule has 0 fully saturated rings. The van der Waals surface area contributed by atoms with E-state index in [9.17, 15) is 0 Å². The summed E-state index contributed by atoms with van der Waals surface area (Å²) in [5.74, 6) is 0.872. The van der Waals surface area contributed by atoms with E-state index in [1.54, 1.807) is 18.4 Å². The minimum atomic E-state index is 0.116. The lowest BCUT2D eigenvalue weighted by Gasteiger charge is -2.14. The molecule has 0 spiro atoms. The fraction of sp³-hybridized carbons (Fsp3) is 0.438. The molecule has 0 atom stereocenters. The molecule has 108 valence electrons. The first-order chi connectivity index (χ1) is 9.40. The molecular weight excluding hydrogens is 268 g/mol. The number of hydrogen-bond acceptors (Lipinski definition) is 4. The van der Waals surface area contributed by atoms with Crippen molar-refractivity contribution in [2.75, 3.05) is 12.4 Å². The second kappa shape index (κ2) is 5.83. The summed E-state index contributed by atoms with van der Waals surface area (Å²) in [6.07, 6.45) is 0. The molecule has 0 aliphatic carbocycles. The van der Waals surface area contributed by atoms with Gasteiger partial charge >= 0.3 is 0 Å². The van der Waals surface area contributed by atoms with Gasteiger partial charge in [0.25, 0.3) is 0 Å². The third-order valence-electron chi connectivity index (χ3n) is 3.01. The van der Waals surface area contributed by atoms with Gasteiger partial charge in [0.15, 0.2) is 0 Å². The van der Waals surface area contributed by atoms with Crippen LogP contribution < -0.4 is 10.1 Å². The number of nitrogens with one attached hydrogen (secondary N) is 1. The average Bonchev–Trinajstić information content (AvgIpc) is 2.86. The first-order valence-corrected chi connectivity index (χ1v) is 7.61. The van der Waals surface area contributed by atoms with E-state index in [1.165, 1.54) is 10.6 Å². The van der Waals surface area contributed by atoms with Crippen molar-refractivity contribution in [3.05, 3.63) is 39.8 Å². The zero-order valence-corrected chi connectivity index (χ0v) is 13.6. The monoisotopic (exact) mass is 290 g/mol. The molecule has 1 aromatic heterocycles. The molecule has 0 bridgehead atoms. The fourth-order valence-electron chi connectivity index (χ4n) is 1.86. The molecule has 2 rings (SSSR count). The largest absolute Gasteiger partial charge is 0.495 e. The van der Waals surface area contributed by atoms with E-state index in [2.05, 4.69) is 49.4 Å². The van der Waals surface area contributed by atoms with E-state index >= 15 is 0 Å². The van der Waals surface area contributed by atoms with Crippen molar-refractivity contribution in [2.45, 2.75) is 39.7 Å². The molecule has 0 saturated carbocycles. The normalized spacial score (nSPS) is 11.4. The van der Waals surface area contributed by atoms with Crippen LogP contribution in [0.5, 0.6) is 5.75 Å². The number of rotatable bonds is 4. The predicted octanol–water partition coefficient (Wildman–Crippen LogP) is 4.37. The Bertz CT molecular complexity index is 584. The highest BCUT2D eigenvalue weighted by molar-refractivity contribution is 7.09. The topological polar surface area (TPSA) is 34.1 Å².